The molecule has 0 unspecified atom stereocenters. The van der Waals surface area contributed by atoms with Gasteiger partial charge in [-0.25, -0.2) is 0 Å². The normalized spacial score (nSPS) is 9.89. The molecule has 0 aliphatic carbocycles. The number of hydrogen-bond donors (Lipinski definition) is 1. The van der Waals surface area contributed by atoms with E-state index in [0.717, 1.165) is 28.9 Å². The van der Waals surface area contributed by atoms with Crippen molar-refractivity contribution in [2.45, 2.75) is 67.2 Å². The Kier molecular flexibility index (Phi) is 32.3. The molecule has 0 aliphatic rings. The molecule has 6 nitrogen and oxygen atoms in total. The number of pyridine rings is 2. The number of hydrogen-bond acceptors (Lipinski definition) is 7. The van der Waals surface area contributed by atoms with Crippen molar-refractivity contribution in [3.63, 3.8) is 0 Å². The number of aliphatic hydroxyl groups is 1. The van der Waals surface area contributed by atoms with Crippen LogP contribution in [-0.4, -0.2) is 35.3 Å². The minimum absolute atomic E-state index is 0. The fourth-order valence-corrected chi connectivity index (χ4v) is 5.46. The number of nitrogens with zero attached hydrogens (tertiary/aromatic N) is 2. The molecule has 0 saturated heterocycles. The predicted octanol–water partition coefficient (Wildman–Crippen LogP) is 10.6. The quantitative estimate of drug-likeness (QED) is 0.0788. The summed E-state index contributed by atoms with van der Waals surface area (Å²) in [5.41, 5.74) is 2.86. The summed E-state index contributed by atoms with van der Waals surface area (Å²) in [6.07, 6.45) is 4.88. The zero-order chi connectivity index (χ0) is 37.7. The van der Waals surface area contributed by atoms with E-state index in [1.165, 1.54) is 21.9 Å². The molecular weight excluding hydrogens is 1010 g/mol. The summed E-state index contributed by atoms with van der Waals surface area (Å²) < 4.78 is 57.5. The molecule has 1 N–H and O–H groups in total. The molecule has 54 heavy (non-hydrogen) atoms. The molecule has 0 saturated carbocycles. The predicted molar refractivity (Wildman–Crippen MR) is 208 cm³/mol. The third-order valence-corrected chi connectivity index (χ3v) is 8.95. The second-order valence-corrected chi connectivity index (χ2v) is 17.9. The molecule has 5 rings (SSSR count). The van der Waals surface area contributed by atoms with Crippen molar-refractivity contribution in [1.82, 2.24) is 9.97 Å². The average molecular weight is 1060 g/mol. The topological polar surface area (TPSA) is 97.2 Å². The number of rotatable bonds is 6. The first-order chi connectivity index (χ1) is 23.7. The standard InChI is InChI=1S/C24H28NSi.C11H8N.C2H6O.CF3O2S.2CH4.Ag.FH.Ir.O/c1-18(2)15-21-16-24(20-9-7-6-8-10-20)25-17-23(21)19-11-13-22(14-12-19)26(3,4)5;1-2-6-10(7-3-1)11-8-4-5-9-12-11;1-2-3;2-1(3,4)7(5)6;;;;;;/h6-9,11-14,16-18H,15H2,1-5H3;1-6,8-9H;3H,2H2,1H3;;2*1H4;;1H;;/q2*-1;;-1;;;;;;. The summed E-state index contributed by atoms with van der Waals surface area (Å²) in [5.74, 6) is 0.602. The third-order valence-electron chi connectivity index (χ3n) is 6.50. The molecule has 0 amide bonds. The fraction of sp³-hybridized carbons (Fsp3) is 0.300. The van der Waals surface area contributed by atoms with Gasteiger partial charge in [0, 0.05) is 55.4 Å². The molecule has 306 valence electrons. The first-order valence-corrected chi connectivity index (χ1v) is 20.7. The van der Waals surface area contributed by atoms with E-state index in [0.29, 0.717) is 5.92 Å². The van der Waals surface area contributed by atoms with Crippen molar-refractivity contribution < 1.29 is 75.8 Å². The van der Waals surface area contributed by atoms with Gasteiger partial charge >= 0.3 is 29.8 Å². The van der Waals surface area contributed by atoms with Crippen LogP contribution in [0.5, 0.6) is 0 Å². The molecule has 0 bridgehead atoms. The van der Waals surface area contributed by atoms with Crippen LogP contribution >= 0.6 is 0 Å². The monoisotopic (exact) mass is 1060 g/mol. The zero-order valence-corrected chi connectivity index (χ0v) is 35.2. The Hall–Kier alpha value is -3.00. The average Bonchev–Trinajstić information content (AvgIpc) is 3.10. The van der Waals surface area contributed by atoms with Gasteiger partial charge < -0.3 is 23.5 Å². The molecule has 14 heteroatoms. The minimum atomic E-state index is -5.08. The van der Waals surface area contributed by atoms with Crippen LogP contribution in [0.1, 0.15) is 41.2 Å². The minimum Gasteiger partial charge on any atom is -0.305 e. The molecule has 0 atom stereocenters. The zero-order valence-electron chi connectivity index (χ0n) is 29.5. The molecule has 0 spiro atoms. The van der Waals surface area contributed by atoms with E-state index in [1.807, 2.05) is 66.9 Å². The molecule has 1 radical (unpaired) electrons. The smallest absolute Gasteiger partial charge is 0.0160 e. The Labute approximate surface area is 348 Å². The van der Waals surface area contributed by atoms with Crippen LogP contribution < -0.4 is 5.19 Å². The van der Waals surface area contributed by atoms with Crippen molar-refractivity contribution in [2.24, 2.45) is 5.92 Å². The number of aliphatic hydroxyl groups excluding tert-OH is 1. The summed E-state index contributed by atoms with van der Waals surface area (Å²) in [6, 6.07) is 39.5. The summed E-state index contributed by atoms with van der Waals surface area (Å²) in [6.45, 7) is 13.6. The van der Waals surface area contributed by atoms with E-state index in [4.69, 9.17) is 21.8 Å². The van der Waals surface area contributed by atoms with Crippen LogP contribution in [0.15, 0.2) is 109 Å². The van der Waals surface area contributed by atoms with Crippen molar-refractivity contribution in [1.29, 1.82) is 0 Å². The van der Waals surface area contributed by atoms with Crippen molar-refractivity contribution in [2.75, 3.05) is 6.61 Å². The van der Waals surface area contributed by atoms with Gasteiger partial charge in [-0.3, -0.25) is 4.70 Å². The molecular formula is C40H51AgF4IrN2O4SSi-3. The second-order valence-electron chi connectivity index (χ2n) is 11.9. The van der Waals surface area contributed by atoms with Gasteiger partial charge in [0.15, 0.2) is 0 Å². The summed E-state index contributed by atoms with van der Waals surface area (Å²) in [7, 11) is -5.20. The van der Waals surface area contributed by atoms with Crippen LogP contribution in [0.4, 0.5) is 17.9 Å². The molecule has 0 aliphatic heterocycles. The van der Waals surface area contributed by atoms with Crippen molar-refractivity contribution in [3.05, 3.63) is 127 Å². The van der Waals surface area contributed by atoms with Crippen LogP contribution in [-0.2, 0) is 69.9 Å². The van der Waals surface area contributed by atoms with Crippen LogP contribution in [0, 0.1) is 18.1 Å². The number of aromatic nitrogens is 2. The number of halogens is 4. The molecule has 2 aromatic heterocycles. The van der Waals surface area contributed by atoms with Gasteiger partial charge in [-0.15, -0.1) is 71.8 Å². The molecule has 5 aromatic rings. The van der Waals surface area contributed by atoms with Gasteiger partial charge in [-0.2, -0.15) is 13.2 Å². The first kappa shape index (κ1) is 57.7. The Morgan fingerprint density at radius 2 is 1.28 bits per heavy atom. The van der Waals surface area contributed by atoms with Gasteiger partial charge in [0.2, 0.25) is 0 Å². The van der Waals surface area contributed by atoms with E-state index in [2.05, 4.69) is 87.0 Å². The van der Waals surface area contributed by atoms with E-state index >= 15 is 0 Å². The van der Waals surface area contributed by atoms with Gasteiger partial charge in [0.25, 0.3) is 0 Å². The van der Waals surface area contributed by atoms with E-state index < -0.39 is 24.3 Å². The van der Waals surface area contributed by atoms with Gasteiger partial charge in [-0.1, -0.05) is 96.0 Å². The largest absolute Gasteiger partial charge is 0.305 e. The van der Waals surface area contributed by atoms with Crippen LogP contribution in [0.3, 0.4) is 0 Å². The van der Waals surface area contributed by atoms with E-state index in [9.17, 15) is 13.2 Å². The third kappa shape index (κ3) is 21.8. The van der Waals surface area contributed by atoms with Gasteiger partial charge in [-0.05, 0) is 47.8 Å². The maximum Gasteiger partial charge on any atom is 0.0160 e. The number of alkyl halides is 3. The molecule has 3 aromatic carbocycles. The maximum absolute atomic E-state index is 10.6. The fourth-order valence-electron chi connectivity index (χ4n) is 4.29. The van der Waals surface area contributed by atoms with Crippen LogP contribution in [0.2, 0.25) is 19.6 Å². The van der Waals surface area contributed by atoms with Crippen LogP contribution in [0.25, 0.3) is 33.6 Å². The molecule has 0 fully saturated rings. The van der Waals surface area contributed by atoms with Crippen molar-refractivity contribution in [3.8, 4) is 33.6 Å². The van der Waals surface area contributed by atoms with E-state index in [1.54, 1.807) is 34.2 Å². The van der Waals surface area contributed by atoms with Crippen molar-refractivity contribution >= 4 is 24.0 Å². The first-order valence-electron chi connectivity index (χ1n) is 15.5. The summed E-state index contributed by atoms with van der Waals surface area (Å²) >= 11 is 1.70. The maximum atomic E-state index is 10.6. The van der Waals surface area contributed by atoms with E-state index in [-0.39, 0.29) is 46.3 Å². The summed E-state index contributed by atoms with van der Waals surface area (Å²) in [5, 5.41) is 9.06. The SMILES string of the molecule is C.C.CC(C)Cc1cc(-c2[c-]cccc2)ncc1-c1ccc([Si](C)(C)C)cc1.CCO.F.O=[S-](=O)C(F)(F)F.[Ir].[O]=[Ag].[c-]1ccccc1-c1ccccn1. The Morgan fingerprint density at radius 3 is 1.65 bits per heavy atom. The summed E-state index contributed by atoms with van der Waals surface area (Å²) in [4.78, 5) is 8.96. The Morgan fingerprint density at radius 1 is 0.815 bits per heavy atom. The van der Waals surface area contributed by atoms with Gasteiger partial charge in [0.1, 0.15) is 0 Å². The Balaban J connectivity index is -0.000000374. The Bertz CT molecular complexity index is 1700. The second kappa shape index (κ2) is 30.2. The van der Waals surface area contributed by atoms with Gasteiger partial charge in [0.05, 0.1) is 8.07 Å². The molecule has 2 heterocycles. The number of benzene rings is 3.